The SMILES string of the molecule is CN(C)CC(C)(C)CNC1CC(c2cccc(Br)c2)C1. The van der Waals surface area contributed by atoms with Gasteiger partial charge in [-0.25, -0.2) is 0 Å². The Morgan fingerprint density at radius 1 is 1.30 bits per heavy atom. The quantitative estimate of drug-likeness (QED) is 0.846. The van der Waals surface area contributed by atoms with Crippen molar-refractivity contribution in [2.75, 3.05) is 27.2 Å². The van der Waals surface area contributed by atoms with Crippen LogP contribution in [0, 0.1) is 5.41 Å². The van der Waals surface area contributed by atoms with Crippen LogP contribution in [-0.4, -0.2) is 38.1 Å². The summed E-state index contributed by atoms with van der Waals surface area (Å²) in [6.45, 7) is 6.90. The van der Waals surface area contributed by atoms with E-state index >= 15 is 0 Å². The molecule has 0 radical (unpaired) electrons. The first-order chi connectivity index (χ1) is 9.35. The third-order valence-electron chi connectivity index (χ3n) is 4.07. The molecule has 0 atom stereocenters. The summed E-state index contributed by atoms with van der Waals surface area (Å²) in [4.78, 5) is 2.27. The van der Waals surface area contributed by atoms with E-state index in [1.807, 2.05) is 0 Å². The Bertz CT molecular complexity index is 436. The predicted octanol–water partition coefficient (Wildman–Crippen LogP) is 3.87. The van der Waals surface area contributed by atoms with E-state index in [0.29, 0.717) is 11.5 Å². The molecule has 1 fully saturated rings. The van der Waals surface area contributed by atoms with E-state index in [-0.39, 0.29) is 0 Å². The van der Waals surface area contributed by atoms with E-state index in [1.165, 1.54) is 22.9 Å². The van der Waals surface area contributed by atoms with Crippen LogP contribution in [0.5, 0.6) is 0 Å². The molecule has 1 aliphatic carbocycles. The van der Waals surface area contributed by atoms with Crippen molar-refractivity contribution in [3.63, 3.8) is 0 Å². The molecule has 1 N–H and O–H groups in total. The van der Waals surface area contributed by atoms with Gasteiger partial charge in [0.1, 0.15) is 0 Å². The van der Waals surface area contributed by atoms with Crippen LogP contribution in [-0.2, 0) is 0 Å². The van der Waals surface area contributed by atoms with Gasteiger partial charge in [-0.1, -0.05) is 41.9 Å². The minimum absolute atomic E-state index is 0.338. The molecule has 0 saturated heterocycles. The number of hydrogen-bond donors (Lipinski definition) is 1. The highest BCUT2D eigenvalue weighted by Gasteiger charge is 2.31. The van der Waals surface area contributed by atoms with Crippen LogP contribution >= 0.6 is 15.9 Å². The van der Waals surface area contributed by atoms with Crippen molar-refractivity contribution in [2.24, 2.45) is 5.41 Å². The minimum Gasteiger partial charge on any atom is -0.313 e. The molecule has 0 heterocycles. The molecule has 0 aliphatic heterocycles. The maximum Gasteiger partial charge on any atom is 0.0178 e. The Morgan fingerprint density at radius 3 is 2.60 bits per heavy atom. The Kier molecular flexibility index (Phi) is 5.27. The fourth-order valence-electron chi connectivity index (χ4n) is 3.15. The first-order valence-corrected chi connectivity index (χ1v) is 8.29. The number of halogens is 1. The summed E-state index contributed by atoms with van der Waals surface area (Å²) in [5, 5.41) is 3.74. The zero-order valence-electron chi connectivity index (χ0n) is 13.1. The molecule has 20 heavy (non-hydrogen) atoms. The lowest BCUT2D eigenvalue weighted by Gasteiger charge is -2.39. The Labute approximate surface area is 132 Å². The largest absolute Gasteiger partial charge is 0.313 e. The Balaban J connectivity index is 1.74. The van der Waals surface area contributed by atoms with Gasteiger partial charge in [0, 0.05) is 23.6 Å². The van der Waals surface area contributed by atoms with Crippen LogP contribution in [0.4, 0.5) is 0 Å². The molecule has 2 nitrogen and oxygen atoms in total. The molecule has 0 amide bonds. The third kappa shape index (κ3) is 4.57. The number of rotatable bonds is 6. The fourth-order valence-corrected chi connectivity index (χ4v) is 3.57. The normalized spacial score (nSPS) is 22.9. The maximum atomic E-state index is 3.74. The van der Waals surface area contributed by atoms with Gasteiger partial charge in [-0.15, -0.1) is 0 Å². The maximum absolute atomic E-state index is 3.74. The summed E-state index contributed by atoms with van der Waals surface area (Å²) in [5.41, 5.74) is 1.81. The van der Waals surface area contributed by atoms with Crippen LogP contribution in [0.2, 0.25) is 0 Å². The van der Waals surface area contributed by atoms with Gasteiger partial charge in [0.05, 0.1) is 0 Å². The van der Waals surface area contributed by atoms with E-state index in [9.17, 15) is 0 Å². The first-order valence-electron chi connectivity index (χ1n) is 7.49. The van der Waals surface area contributed by atoms with Gasteiger partial charge in [-0.3, -0.25) is 0 Å². The number of nitrogens with one attached hydrogen (secondary N) is 1. The van der Waals surface area contributed by atoms with Crippen molar-refractivity contribution in [1.82, 2.24) is 10.2 Å². The van der Waals surface area contributed by atoms with Crippen LogP contribution in [0.3, 0.4) is 0 Å². The van der Waals surface area contributed by atoms with Gasteiger partial charge in [0.25, 0.3) is 0 Å². The monoisotopic (exact) mass is 338 g/mol. The second kappa shape index (κ2) is 6.59. The zero-order valence-corrected chi connectivity index (χ0v) is 14.7. The van der Waals surface area contributed by atoms with Crippen LogP contribution in [0.15, 0.2) is 28.7 Å². The summed E-state index contributed by atoms with van der Waals surface area (Å²) < 4.78 is 1.19. The van der Waals surface area contributed by atoms with Crippen LogP contribution in [0.1, 0.15) is 38.2 Å². The van der Waals surface area contributed by atoms with Gasteiger partial charge < -0.3 is 10.2 Å². The Morgan fingerprint density at radius 2 is 2.00 bits per heavy atom. The molecule has 2 rings (SSSR count). The van der Waals surface area contributed by atoms with E-state index in [2.05, 4.69) is 78.4 Å². The minimum atomic E-state index is 0.338. The summed E-state index contributed by atoms with van der Waals surface area (Å²) in [6, 6.07) is 9.45. The molecule has 0 spiro atoms. The molecule has 0 bridgehead atoms. The van der Waals surface area contributed by atoms with Crippen molar-refractivity contribution >= 4 is 15.9 Å². The third-order valence-corrected chi connectivity index (χ3v) is 4.56. The van der Waals surface area contributed by atoms with Gasteiger partial charge >= 0.3 is 0 Å². The smallest absolute Gasteiger partial charge is 0.0178 e. The lowest BCUT2D eigenvalue weighted by atomic mass is 9.75. The highest BCUT2D eigenvalue weighted by Crippen LogP contribution is 2.37. The van der Waals surface area contributed by atoms with E-state index in [4.69, 9.17) is 0 Å². The number of nitrogens with zero attached hydrogens (tertiary/aromatic N) is 1. The van der Waals surface area contributed by atoms with Crippen molar-refractivity contribution in [3.8, 4) is 0 Å². The average Bonchev–Trinajstić information content (AvgIpc) is 2.24. The highest BCUT2D eigenvalue weighted by atomic mass is 79.9. The van der Waals surface area contributed by atoms with Gasteiger partial charge in [0.15, 0.2) is 0 Å². The highest BCUT2D eigenvalue weighted by molar-refractivity contribution is 9.10. The number of hydrogen-bond acceptors (Lipinski definition) is 2. The van der Waals surface area contributed by atoms with Crippen LogP contribution in [0.25, 0.3) is 0 Å². The summed E-state index contributed by atoms with van der Waals surface area (Å²) in [5.74, 6) is 0.738. The van der Waals surface area contributed by atoms with Crippen molar-refractivity contribution < 1.29 is 0 Å². The first kappa shape index (κ1) is 16.0. The molecule has 1 saturated carbocycles. The van der Waals surface area contributed by atoms with Gasteiger partial charge in [0.2, 0.25) is 0 Å². The van der Waals surface area contributed by atoms with Crippen LogP contribution < -0.4 is 5.32 Å². The summed E-state index contributed by atoms with van der Waals surface area (Å²) >= 11 is 3.56. The molecule has 1 aromatic carbocycles. The fraction of sp³-hybridized carbons (Fsp3) is 0.647. The lowest BCUT2D eigenvalue weighted by Crippen LogP contribution is -2.46. The van der Waals surface area contributed by atoms with E-state index in [1.54, 1.807) is 0 Å². The van der Waals surface area contributed by atoms with Crippen molar-refractivity contribution in [1.29, 1.82) is 0 Å². The standard InChI is InChI=1S/C17H27BrN2/c1-17(2,12-20(3)4)11-19-16-9-14(10-16)13-6-5-7-15(18)8-13/h5-8,14,16,19H,9-12H2,1-4H3. The Hall–Kier alpha value is -0.380. The zero-order chi connectivity index (χ0) is 14.8. The van der Waals surface area contributed by atoms with Crippen molar-refractivity contribution in [3.05, 3.63) is 34.3 Å². The van der Waals surface area contributed by atoms with Gasteiger partial charge in [-0.2, -0.15) is 0 Å². The molecule has 112 valence electrons. The molecular formula is C17H27BrN2. The van der Waals surface area contributed by atoms with E-state index in [0.717, 1.165) is 19.0 Å². The average molecular weight is 339 g/mol. The van der Waals surface area contributed by atoms with Gasteiger partial charge in [-0.05, 0) is 56.0 Å². The van der Waals surface area contributed by atoms with E-state index < -0.39 is 0 Å². The molecule has 3 heteroatoms. The number of benzene rings is 1. The summed E-state index contributed by atoms with van der Waals surface area (Å²) in [7, 11) is 4.29. The van der Waals surface area contributed by atoms with Crippen molar-refractivity contribution in [2.45, 2.75) is 38.6 Å². The second-order valence-corrected chi connectivity index (χ2v) is 8.12. The lowest BCUT2D eigenvalue weighted by molar-refractivity contribution is 0.200. The molecular weight excluding hydrogens is 312 g/mol. The second-order valence-electron chi connectivity index (χ2n) is 7.20. The topological polar surface area (TPSA) is 15.3 Å². The molecule has 1 aliphatic rings. The molecule has 0 unspecified atom stereocenters. The molecule has 1 aromatic rings. The summed E-state index contributed by atoms with van der Waals surface area (Å²) in [6.07, 6.45) is 2.54. The predicted molar refractivity (Wildman–Crippen MR) is 90.2 cm³/mol. The molecule has 0 aromatic heterocycles.